The molecule has 0 aromatic carbocycles. The quantitative estimate of drug-likeness (QED) is 0.888. The zero-order valence-electron chi connectivity index (χ0n) is 11.2. The van der Waals surface area contributed by atoms with Crippen molar-refractivity contribution in [2.75, 3.05) is 26.3 Å². The minimum absolute atomic E-state index is 0.0924. The van der Waals surface area contributed by atoms with E-state index in [0.29, 0.717) is 32.2 Å². The second-order valence-corrected chi connectivity index (χ2v) is 6.34. The lowest BCUT2D eigenvalue weighted by Crippen LogP contribution is -2.38. The second kappa shape index (κ2) is 4.30. The Bertz CT molecular complexity index is 539. The molecule has 0 radical (unpaired) electrons. The average Bonchev–Trinajstić information content (AvgIpc) is 2.86. The summed E-state index contributed by atoms with van der Waals surface area (Å²) in [6.45, 7) is 2.85. The molecule has 2 saturated heterocycles. The number of nitrogens with zero attached hydrogens (tertiary/aromatic N) is 2. The Balaban J connectivity index is 1.46. The molecule has 3 heterocycles. The third-order valence-electron chi connectivity index (χ3n) is 4.81. The Kier molecular flexibility index (Phi) is 2.65. The molecule has 4 rings (SSSR count). The molecule has 6 nitrogen and oxygen atoms in total. The zero-order chi connectivity index (χ0) is 13.7. The van der Waals surface area contributed by atoms with Crippen molar-refractivity contribution < 1.29 is 19.2 Å². The molecule has 0 spiro atoms. The molecule has 1 aromatic rings. The average molecular weight is 278 g/mol. The van der Waals surface area contributed by atoms with Crippen LogP contribution in [0.5, 0.6) is 0 Å². The van der Waals surface area contributed by atoms with Crippen molar-refractivity contribution in [1.82, 2.24) is 10.1 Å². The largest absolute Gasteiger partial charge is 0.481 e. The number of hydrogen-bond acceptors (Lipinski definition) is 5. The molecule has 2 atom stereocenters. The van der Waals surface area contributed by atoms with E-state index in [1.807, 2.05) is 6.07 Å². The predicted octanol–water partition coefficient (Wildman–Crippen LogP) is 1.08. The van der Waals surface area contributed by atoms with Gasteiger partial charge in [0.15, 0.2) is 0 Å². The first-order valence-corrected chi connectivity index (χ1v) is 7.16. The van der Waals surface area contributed by atoms with Crippen molar-refractivity contribution in [3.05, 3.63) is 17.5 Å². The molecule has 1 saturated carbocycles. The van der Waals surface area contributed by atoms with Crippen LogP contribution in [0, 0.1) is 11.3 Å². The van der Waals surface area contributed by atoms with Gasteiger partial charge < -0.3 is 14.4 Å². The van der Waals surface area contributed by atoms with Gasteiger partial charge in [-0.3, -0.25) is 9.69 Å². The number of fused-ring (bicyclic) bond motifs is 1. The predicted molar refractivity (Wildman–Crippen MR) is 68.1 cm³/mol. The Labute approximate surface area is 116 Å². The summed E-state index contributed by atoms with van der Waals surface area (Å²) in [6, 6.07) is 2.02. The van der Waals surface area contributed by atoms with Gasteiger partial charge in [-0.1, -0.05) is 5.16 Å². The number of likely N-dealkylation sites (tertiary alicyclic amines) is 1. The molecule has 6 heteroatoms. The van der Waals surface area contributed by atoms with Crippen LogP contribution in [-0.2, 0) is 16.1 Å². The molecule has 2 aliphatic heterocycles. The molecular weight excluding hydrogens is 260 g/mol. The van der Waals surface area contributed by atoms with Crippen LogP contribution in [0.2, 0.25) is 0 Å². The number of aliphatic carboxylic acids is 1. The molecule has 3 fully saturated rings. The summed E-state index contributed by atoms with van der Waals surface area (Å²) in [5, 5.41) is 13.6. The molecule has 0 amide bonds. The molecule has 3 aliphatic rings. The van der Waals surface area contributed by atoms with Crippen molar-refractivity contribution >= 4 is 5.97 Å². The second-order valence-electron chi connectivity index (χ2n) is 6.34. The van der Waals surface area contributed by atoms with E-state index in [-0.39, 0.29) is 5.92 Å². The van der Waals surface area contributed by atoms with Gasteiger partial charge in [0, 0.05) is 37.5 Å². The first-order chi connectivity index (χ1) is 9.67. The summed E-state index contributed by atoms with van der Waals surface area (Å²) in [7, 11) is 0. The van der Waals surface area contributed by atoms with E-state index in [4.69, 9.17) is 9.26 Å². The smallest absolute Gasteiger partial charge is 0.313 e. The Morgan fingerprint density at radius 3 is 3.10 bits per heavy atom. The van der Waals surface area contributed by atoms with Gasteiger partial charge in [-0.2, -0.15) is 0 Å². The van der Waals surface area contributed by atoms with E-state index in [1.54, 1.807) is 0 Å². The number of rotatable bonds is 4. The van der Waals surface area contributed by atoms with Gasteiger partial charge in [0.2, 0.25) is 0 Å². The van der Waals surface area contributed by atoms with E-state index in [1.165, 1.54) is 12.8 Å². The van der Waals surface area contributed by atoms with E-state index in [0.717, 1.165) is 18.0 Å². The summed E-state index contributed by atoms with van der Waals surface area (Å²) in [4.78, 5) is 13.7. The van der Waals surface area contributed by atoms with Crippen LogP contribution in [0.1, 0.15) is 30.2 Å². The molecule has 1 aliphatic carbocycles. The van der Waals surface area contributed by atoms with Gasteiger partial charge in [0.25, 0.3) is 0 Å². The van der Waals surface area contributed by atoms with Crippen molar-refractivity contribution in [2.45, 2.75) is 25.3 Å². The van der Waals surface area contributed by atoms with Gasteiger partial charge in [0.05, 0.1) is 18.9 Å². The van der Waals surface area contributed by atoms with Gasteiger partial charge in [-0.25, -0.2) is 0 Å². The Morgan fingerprint density at radius 2 is 2.40 bits per heavy atom. The van der Waals surface area contributed by atoms with E-state index < -0.39 is 11.4 Å². The lowest BCUT2D eigenvalue weighted by atomic mass is 9.81. The van der Waals surface area contributed by atoms with Crippen molar-refractivity contribution in [1.29, 1.82) is 0 Å². The van der Waals surface area contributed by atoms with Crippen molar-refractivity contribution in [2.24, 2.45) is 11.3 Å². The van der Waals surface area contributed by atoms with E-state index in [2.05, 4.69) is 10.1 Å². The van der Waals surface area contributed by atoms with Gasteiger partial charge in [-0.15, -0.1) is 0 Å². The van der Waals surface area contributed by atoms with Crippen LogP contribution in [-0.4, -0.2) is 47.4 Å². The lowest BCUT2D eigenvalue weighted by Gasteiger charge is -2.21. The van der Waals surface area contributed by atoms with Crippen LogP contribution in [0.3, 0.4) is 0 Å². The normalized spacial score (nSPS) is 33.5. The number of carbonyl (C=O) groups is 1. The summed E-state index contributed by atoms with van der Waals surface area (Å²) in [5.74, 6) is 0.903. The molecule has 108 valence electrons. The zero-order valence-corrected chi connectivity index (χ0v) is 11.2. The highest BCUT2D eigenvalue weighted by Gasteiger charge is 2.56. The first-order valence-electron chi connectivity index (χ1n) is 7.16. The highest BCUT2D eigenvalue weighted by atomic mass is 16.5. The number of aromatic nitrogens is 1. The van der Waals surface area contributed by atoms with Crippen LogP contribution < -0.4 is 0 Å². The highest BCUT2D eigenvalue weighted by Crippen LogP contribution is 2.43. The summed E-state index contributed by atoms with van der Waals surface area (Å²) >= 11 is 0. The monoisotopic (exact) mass is 278 g/mol. The SMILES string of the molecule is O=C(O)[C@]12COC[C@H]1CN(Cc1cc(C3CC3)on1)C2. The topological polar surface area (TPSA) is 75.8 Å². The molecule has 0 bridgehead atoms. The van der Waals surface area contributed by atoms with Crippen LogP contribution in [0.25, 0.3) is 0 Å². The fourth-order valence-electron chi connectivity index (χ4n) is 3.45. The third-order valence-corrected chi connectivity index (χ3v) is 4.81. The fraction of sp³-hybridized carbons (Fsp3) is 0.714. The van der Waals surface area contributed by atoms with Crippen molar-refractivity contribution in [3.8, 4) is 0 Å². The minimum atomic E-state index is -0.735. The maximum absolute atomic E-state index is 11.6. The third kappa shape index (κ3) is 1.86. The maximum atomic E-state index is 11.6. The van der Waals surface area contributed by atoms with Gasteiger partial charge >= 0.3 is 5.97 Å². The molecular formula is C14H18N2O4. The number of hydrogen-bond donors (Lipinski definition) is 1. The van der Waals surface area contributed by atoms with Crippen LogP contribution >= 0.6 is 0 Å². The van der Waals surface area contributed by atoms with Gasteiger partial charge in [-0.05, 0) is 12.8 Å². The van der Waals surface area contributed by atoms with Gasteiger partial charge in [0.1, 0.15) is 11.2 Å². The molecule has 1 aromatic heterocycles. The highest BCUT2D eigenvalue weighted by molar-refractivity contribution is 5.76. The molecule has 0 unspecified atom stereocenters. The maximum Gasteiger partial charge on any atom is 0.313 e. The summed E-state index contributed by atoms with van der Waals surface area (Å²) < 4.78 is 10.7. The fourth-order valence-corrected chi connectivity index (χ4v) is 3.45. The first kappa shape index (κ1) is 12.3. The Morgan fingerprint density at radius 1 is 1.55 bits per heavy atom. The standard InChI is InChI=1S/C14H18N2O4/c17-13(18)14-7-16(4-10(14)6-19-8-14)5-11-3-12(20-15-11)9-1-2-9/h3,9-10H,1-2,4-8H2,(H,17,18)/t10-,14-/m1/s1. The molecule has 1 N–H and O–H groups in total. The summed E-state index contributed by atoms with van der Waals surface area (Å²) in [6.07, 6.45) is 2.39. The number of carboxylic acid groups (broad SMARTS) is 1. The van der Waals surface area contributed by atoms with Crippen molar-refractivity contribution in [3.63, 3.8) is 0 Å². The van der Waals surface area contributed by atoms with Crippen LogP contribution in [0.15, 0.2) is 10.6 Å². The molecule has 20 heavy (non-hydrogen) atoms. The minimum Gasteiger partial charge on any atom is -0.481 e. The van der Waals surface area contributed by atoms with E-state index >= 15 is 0 Å². The van der Waals surface area contributed by atoms with E-state index in [9.17, 15) is 9.90 Å². The number of carboxylic acids is 1. The number of ether oxygens (including phenoxy) is 1. The van der Waals surface area contributed by atoms with Crippen LogP contribution in [0.4, 0.5) is 0 Å². The lowest BCUT2D eigenvalue weighted by molar-refractivity contribution is -0.149. The Hall–Kier alpha value is -1.40. The summed E-state index contributed by atoms with van der Waals surface area (Å²) in [5.41, 5.74) is 0.191.